The molecule has 11 rings (SSSR count). The molecule has 1 aromatic heterocycles. The summed E-state index contributed by atoms with van der Waals surface area (Å²) < 4.78 is 2.44. The van der Waals surface area contributed by atoms with E-state index in [9.17, 15) is 0 Å². The first-order valence-corrected chi connectivity index (χ1v) is 19.5. The van der Waals surface area contributed by atoms with Crippen LogP contribution in [0.3, 0.4) is 0 Å². The van der Waals surface area contributed by atoms with Crippen molar-refractivity contribution in [3.05, 3.63) is 224 Å². The average Bonchev–Trinajstić information content (AvgIpc) is 3.80. The van der Waals surface area contributed by atoms with Crippen molar-refractivity contribution in [1.29, 1.82) is 0 Å². The van der Waals surface area contributed by atoms with Gasteiger partial charge in [-0.2, -0.15) is 0 Å². The Morgan fingerprint density at radius 1 is 0.339 bits per heavy atom. The second kappa shape index (κ2) is 13.3. The lowest BCUT2D eigenvalue weighted by molar-refractivity contribution is 0.745. The molecular formula is C54H38N2. The quantitative estimate of drug-likeness (QED) is 0.166. The van der Waals surface area contributed by atoms with E-state index in [0.717, 1.165) is 5.69 Å². The van der Waals surface area contributed by atoms with Gasteiger partial charge in [-0.25, -0.2) is 0 Å². The van der Waals surface area contributed by atoms with Gasteiger partial charge in [0.2, 0.25) is 0 Å². The molecule has 0 N–H and O–H groups in total. The topological polar surface area (TPSA) is 8.17 Å². The molecule has 0 radical (unpaired) electrons. The summed E-state index contributed by atoms with van der Waals surface area (Å²) in [4.78, 5) is 2.56. The predicted molar refractivity (Wildman–Crippen MR) is 236 cm³/mol. The van der Waals surface area contributed by atoms with Gasteiger partial charge in [0.15, 0.2) is 0 Å². The van der Waals surface area contributed by atoms with Crippen molar-refractivity contribution >= 4 is 33.2 Å². The van der Waals surface area contributed by atoms with Crippen LogP contribution in [0.25, 0.3) is 72.0 Å². The molecule has 1 aliphatic carbocycles. The zero-order valence-corrected chi connectivity index (χ0v) is 30.8. The largest absolute Gasteiger partial charge is 0.333 e. The highest BCUT2D eigenvalue weighted by atomic mass is 15.2. The Morgan fingerprint density at radius 2 is 0.804 bits per heavy atom. The minimum absolute atomic E-state index is 0.221. The molecule has 9 aromatic rings. The molecule has 0 spiro atoms. The van der Waals surface area contributed by atoms with E-state index in [1.54, 1.807) is 0 Å². The van der Waals surface area contributed by atoms with Crippen LogP contribution in [0.15, 0.2) is 218 Å². The predicted octanol–water partition coefficient (Wildman–Crippen LogP) is 14.2. The molecule has 0 fully saturated rings. The Morgan fingerprint density at radius 3 is 1.46 bits per heavy atom. The smallest absolute Gasteiger partial charge is 0.0629 e. The van der Waals surface area contributed by atoms with E-state index in [0.29, 0.717) is 0 Å². The van der Waals surface area contributed by atoms with Crippen LogP contribution in [0.5, 0.6) is 0 Å². The van der Waals surface area contributed by atoms with Crippen LogP contribution in [0, 0.1) is 0 Å². The van der Waals surface area contributed by atoms with Gasteiger partial charge in [0.1, 0.15) is 0 Å². The van der Waals surface area contributed by atoms with Gasteiger partial charge in [-0.15, -0.1) is 0 Å². The van der Waals surface area contributed by atoms with Crippen LogP contribution in [0.2, 0.25) is 0 Å². The maximum Gasteiger partial charge on any atom is 0.0629 e. The molecule has 2 heterocycles. The summed E-state index contributed by atoms with van der Waals surface area (Å²) in [6.07, 6.45) is 9.13. The van der Waals surface area contributed by atoms with Gasteiger partial charge in [0.25, 0.3) is 0 Å². The number of anilines is 2. The Balaban J connectivity index is 1.12. The molecule has 2 unspecified atom stereocenters. The SMILES string of the molecule is C1=CC2c3cccc(-c4ccccc4-c4ccccc4-c4ccccc4-c4cccc5c6ccccc6n(-c6ccccc6)c45)c3N(c3ccccc3)C2C=C1. The third kappa shape index (κ3) is 5.03. The fourth-order valence-electron chi connectivity index (χ4n) is 9.42. The maximum atomic E-state index is 2.56. The lowest BCUT2D eigenvalue weighted by Gasteiger charge is -2.30. The van der Waals surface area contributed by atoms with Crippen molar-refractivity contribution in [3.63, 3.8) is 0 Å². The van der Waals surface area contributed by atoms with Gasteiger partial charge in [0.05, 0.1) is 22.8 Å². The van der Waals surface area contributed by atoms with Crippen LogP contribution in [0.1, 0.15) is 11.5 Å². The number of allylic oxidation sites excluding steroid dienone is 2. The van der Waals surface area contributed by atoms with Crippen molar-refractivity contribution < 1.29 is 0 Å². The van der Waals surface area contributed by atoms with Gasteiger partial charge >= 0.3 is 0 Å². The fourth-order valence-corrected chi connectivity index (χ4v) is 9.42. The third-order valence-corrected chi connectivity index (χ3v) is 11.8. The molecule has 0 amide bonds. The van der Waals surface area contributed by atoms with Crippen molar-refractivity contribution in [3.8, 4) is 50.2 Å². The van der Waals surface area contributed by atoms with E-state index in [-0.39, 0.29) is 12.0 Å². The maximum absolute atomic E-state index is 2.56. The minimum Gasteiger partial charge on any atom is -0.333 e. The molecule has 2 nitrogen and oxygen atoms in total. The highest BCUT2D eigenvalue weighted by Gasteiger charge is 2.39. The van der Waals surface area contributed by atoms with Gasteiger partial charge in [-0.3, -0.25) is 0 Å². The first-order valence-electron chi connectivity index (χ1n) is 19.5. The molecule has 2 aliphatic rings. The monoisotopic (exact) mass is 714 g/mol. The van der Waals surface area contributed by atoms with Gasteiger partial charge in [-0.05, 0) is 69.3 Å². The molecule has 1 aliphatic heterocycles. The summed E-state index contributed by atoms with van der Waals surface area (Å²) in [5, 5.41) is 2.51. The normalized spacial score (nSPS) is 15.7. The summed E-state index contributed by atoms with van der Waals surface area (Å²) >= 11 is 0. The minimum atomic E-state index is 0.221. The van der Waals surface area contributed by atoms with Crippen LogP contribution in [0.4, 0.5) is 11.4 Å². The van der Waals surface area contributed by atoms with Crippen LogP contribution >= 0.6 is 0 Å². The standard InChI is InChI=1S/C54H38N2/c1-3-19-37(20-4-1)55-51-35-15-13-29-45(51)49-33-17-31-47(53(49)55)43-27-11-9-25-41(43)39-23-7-8-24-40(39)42-26-10-12-28-44(42)48-32-18-34-50-46-30-14-16-36-52(46)56(54(48)50)38-21-5-2-6-22-38/h1-36,45,51H. The molecule has 56 heavy (non-hydrogen) atoms. The van der Waals surface area contributed by atoms with E-state index in [1.165, 1.54) is 83.3 Å². The molecule has 0 saturated carbocycles. The lowest BCUT2D eigenvalue weighted by Crippen LogP contribution is -2.28. The zero-order valence-electron chi connectivity index (χ0n) is 30.8. The molecule has 8 aromatic carbocycles. The fraction of sp³-hybridized carbons (Fsp3) is 0.0370. The summed E-state index contributed by atoms with van der Waals surface area (Å²) in [6.45, 7) is 0. The molecular weight excluding hydrogens is 677 g/mol. The number of para-hydroxylation sites is 5. The highest BCUT2D eigenvalue weighted by molar-refractivity contribution is 6.15. The molecule has 2 heteroatoms. The second-order valence-corrected chi connectivity index (χ2v) is 14.8. The summed E-state index contributed by atoms with van der Waals surface area (Å²) in [5.41, 5.74) is 17.2. The number of fused-ring (bicyclic) bond motifs is 6. The third-order valence-electron chi connectivity index (χ3n) is 11.8. The summed E-state index contributed by atoms with van der Waals surface area (Å²) in [7, 11) is 0. The highest BCUT2D eigenvalue weighted by Crippen LogP contribution is 2.53. The number of hydrogen-bond acceptors (Lipinski definition) is 1. The molecule has 264 valence electrons. The van der Waals surface area contributed by atoms with Gasteiger partial charge in [0, 0.05) is 39.2 Å². The van der Waals surface area contributed by atoms with Crippen LogP contribution < -0.4 is 4.90 Å². The Hall–Kier alpha value is -7.16. The van der Waals surface area contributed by atoms with Crippen LogP contribution in [-0.4, -0.2) is 10.6 Å². The van der Waals surface area contributed by atoms with Gasteiger partial charge in [-0.1, -0.05) is 188 Å². The van der Waals surface area contributed by atoms with Crippen molar-refractivity contribution in [1.82, 2.24) is 4.57 Å². The molecule has 0 bridgehead atoms. The van der Waals surface area contributed by atoms with Crippen molar-refractivity contribution in [2.75, 3.05) is 4.90 Å². The number of nitrogens with zero attached hydrogens (tertiary/aromatic N) is 2. The van der Waals surface area contributed by atoms with E-state index >= 15 is 0 Å². The molecule has 2 atom stereocenters. The molecule has 0 saturated heterocycles. The Labute approximate surface area is 327 Å². The van der Waals surface area contributed by atoms with Crippen molar-refractivity contribution in [2.45, 2.75) is 12.0 Å². The number of aromatic nitrogens is 1. The summed E-state index contributed by atoms with van der Waals surface area (Å²) in [6, 6.07) is 71.2. The van der Waals surface area contributed by atoms with E-state index in [4.69, 9.17) is 0 Å². The van der Waals surface area contributed by atoms with E-state index < -0.39 is 0 Å². The number of rotatable bonds is 6. The van der Waals surface area contributed by atoms with Gasteiger partial charge < -0.3 is 9.47 Å². The van der Waals surface area contributed by atoms with Crippen LogP contribution in [-0.2, 0) is 0 Å². The second-order valence-electron chi connectivity index (χ2n) is 14.8. The first kappa shape index (κ1) is 32.3. The number of hydrogen-bond donors (Lipinski definition) is 0. The average molecular weight is 715 g/mol. The first-order chi connectivity index (χ1) is 27.8. The van der Waals surface area contributed by atoms with E-state index in [2.05, 4.69) is 228 Å². The Bertz CT molecular complexity index is 2990. The zero-order chi connectivity index (χ0) is 37.0. The lowest BCUT2D eigenvalue weighted by atomic mass is 9.85. The summed E-state index contributed by atoms with van der Waals surface area (Å²) in [5.74, 6) is 0.288. The number of benzene rings is 8. The van der Waals surface area contributed by atoms with E-state index in [1.807, 2.05) is 0 Å². The van der Waals surface area contributed by atoms with Crippen molar-refractivity contribution in [2.24, 2.45) is 0 Å². The Kier molecular flexibility index (Phi) is 7.67.